The molecule has 0 saturated heterocycles. The van der Waals surface area contributed by atoms with Crippen LogP contribution < -0.4 is 0 Å². The van der Waals surface area contributed by atoms with Gasteiger partial charge < -0.3 is 10.1 Å². The molecule has 0 spiro atoms. The van der Waals surface area contributed by atoms with Gasteiger partial charge >= 0.3 is 5.97 Å². The van der Waals surface area contributed by atoms with Crippen LogP contribution in [0, 0.1) is 13.8 Å². The normalized spacial score (nSPS) is 18.6. The standard InChI is InChI=1S/C14H15NO2/c1-7-5-8(2)12-11(6-7)15-10-4-3-9(13(10)12)14(16)17/h5-6,9,15H,3-4H2,1-2H3,(H,16,17). The van der Waals surface area contributed by atoms with E-state index in [4.69, 9.17) is 0 Å². The van der Waals surface area contributed by atoms with Crippen LogP contribution in [0.25, 0.3) is 10.9 Å². The SMILES string of the molecule is Cc1cc(C)c2c3c([nH]c2c1)CCC3C(=O)O. The van der Waals surface area contributed by atoms with Crippen molar-refractivity contribution in [3.8, 4) is 0 Å². The lowest BCUT2D eigenvalue weighted by Gasteiger charge is -2.07. The molecule has 0 fully saturated rings. The summed E-state index contributed by atoms with van der Waals surface area (Å²) in [4.78, 5) is 14.6. The second-order valence-electron chi connectivity index (χ2n) is 4.95. The number of benzene rings is 1. The number of aliphatic carboxylic acids is 1. The first kappa shape index (κ1) is 10.4. The van der Waals surface area contributed by atoms with Gasteiger partial charge in [0.15, 0.2) is 0 Å². The summed E-state index contributed by atoms with van der Waals surface area (Å²) in [5, 5.41) is 10.4. The van der Waals surface area contributed by atoms with Crippen molar-refractivity contribution >= 4 is 16.9 Å². The van der Waals surface area contributed by atoms with E-state index in [9.17, 15) is 9.90 Å². The van der Waals surface area contributed by atoms with Crippen LogP contribution in [0.4, 0.5) is 0 Å². The first-order chi connectivity index (χ1) is 8.08. The second kappa shape index (κ2) is 3.36. The number of carboxylic acids is 1. The molecule has 1 aliphatic rings. The Hall–Kier alpha value is -1.77. The summed E-state index contributed by atoms with van der Waals surface area (Å²) in [6, 6.07) is 4.22. The van der Waals surface area contributed by atoms with Gasteiger partial charge in [-0.3, -0.25) is 4.79 Å². The fourth-order valence-corrected chi connectivity index (χ4v) is 3.07. The average Bonchev–Trinajstić information content (AvgIpc) is 2.73. The van der Waals surface area contributed by atoms with Crippen LogP contribution in [0.1, 0.15) is 34.7 Å². The lowest BCUT2D eigenvalue weighted by Crippen LogP contribution is -2.07. The Kier molecular flexibility index (Phi) is 2.05. The van der Waals surface area contributed by atoms with Gasteiger partial charge in [0.05, 0.1) is 5.92 Å². The predicted octanol–water partition coefficient (Wildman–Crippen LogP) is 2.90. The van der Waals surface area contributed by atoms with Crippen LogP contribution in [-0.4, -0.2) is 16.1 Å². The number of carboxylic acid groups (broad SMARTS) is 1. The molecule has 0 amide bonds. The highest BCUT2D eigenvalue weighted by Gasteiger charge is 2.32. The number of H-pyrrole nitrogens is 1. The Labute approximate surface area is 99.5 Å². The molecular formula is C14H15NO2. The number of nitrogens with one attached hydrogen (secondary N) is 1. The largest absolute Gasteiger partial charge is 0.481 e. The van der Waals surface area contributed by atoms with E-state index in [1.807, 2.05) is 0 Å². The molecule has 17 heavy (non-hydrogen) atoms. The Morgan fingerprint density at radius 3 is 2.88 bits per heavy atom. The van der Waals surface area contributed by atoms with Gasteiger partial charge in [-0.05, 0) is 49.4 Å². The van der Waals surface area contributed by atoms with Crippen molar-refractivity contribution in [3.05, 3.63) is 34.5 Å². The molecule has 1 unspecified atom stereocenters. The van der Waals surface area contributed by atoms with Crippen LogP contribution in [0.5, 0.6) is 0 Å². The van der Waals surface area contributed by atoms with Crippen LogP contribution in [0.15, 0.2) is 12.1 Å². The van der Waals surface area contributed by atoms with E-state index >= 15 is 0 Å². The van der Waals surface area contributed by atoms with Gasteiger partial charge in [-0.2, -0.15) is 0 Å². The van der Waals surface area contributed by atoms with Crippen LogP contribution in [0.3, 0.4) is 0 Å². The molecule has 1 aromatic carbocycles. The topological polar surface area (TPSA) is 53.1 Å². The summed E-state index contributed by atoms with van der Waals surface area (Å²) in [6.45, 7) is 4.12. The molecular weight excluding hydrogens is 214 g/mol. The Bertz CT molecular complexity index is 625. The van der Waals surface area contributed by atoms with Gasteiger partial charge in [-0.25, -0.2) is 0 Å². The average molecular weight is 229 g/mol. The highest BCUT2D eigenvalue weighted by Crippen LogP contribution is 2.40. The summed E-state index contributed by atoms with van der Waals surface area (Å²) < 4.78 is 0. The molecule has 1 atom stereocenters. The third kappa shape index (κ3) is 1.38. The van der Waals surface area contributed by atoms with Crippen LogP contribution in [-0.2, 0) is 11.2 Å². The zero-order valence-corrected chi connectivity index (χ0v) is 10.0. The van der Waals surface area contributed by atoms with Gasteiger partial charge in [0.25, 0.3) is 0 Å². The quantitative estimate of drug-likeness (QED) is 0.790. The molecule has 2 N–H and O–H groups in total. The van der Waals surface area contributed by atoms with E-state index in [1.165, 1.54) is 11.1 Å². The minimum absolute atomic E-state index is 0.333. The molecule has 1 heterocycles. The number of aromatic nitrogens is 1. The molecule has 3 heteroatoms. The van der Waals surface area contributed by atoms with E-state index in [2.05, 4.69) is 31.0 Å². The van der Waals surface area contributed by atoms with Crippen molar-refractivity contribution in [3.63, 3.8) is 0 Å². The van der Waals surface area contributed by atoms with E-state index in [0.29, 0.717) is 0 Å². The van der Waals surface area contributed by atoms with Crippen molar-refractivity contribution in [2.45, 2.75) is 32.6 Å². The van der Waals surface area contributed by atoms with Gasteiger partial charge in [-0.15, -0.1) is 0 Å². The molecule has 3 rings (SSSR count). The van der Waals surface area contributed by atoms with E-state index in [1.54, 1.807) is 0 Å². The fourth-order valence-electron chi connectivity index (χ4n) is 3.07. The maximum Gasteiger partial charge on any atom is 0.311 e. The molecule has 0 radical (unpaired) electrons. The van der Waals surface area contributed by atoms with E-state index in [0.717, 1.165) is 35.0 Å². The highest BCUT2D eigenvalue weighted by atomic mass is 16.4. The monoisotopic (exact) mass is 229 g/mol. The van der Waals surface area contributed by atoms with Gasteiger partial charge in [0, 0.05) is 16.6 Å². The first-order valence-electron chi connectivity index (χ1n) is 5.92. The van der Waals surface area contributed by atoms with Gasteiger partial charge in [0.2, 0.25) is 0 Å². The third-order valence-electron chi connectivity index (χ3n) is 3.69. The molecule has 0 aliphatic heterocycles. The summed E-state index contributed by atoms with van der Waals surface area (Å²) in [5.74, 6) is -1.04. The third-order valence-corrected chi connectivity index (χ3v) is 3.69. The zero-order chi connectivity index (χ0) is 12.2. The molecule has 3 nitrogen and oxygen atoms in total. The number of fused-ring (bicyclic) bond motifs is 3. The maximum atomic E-state index is 11.3. The van der Waals surface area contributed by atoms with E-state index < -0.39 is 5.97 Å². The highest BCUT2D eigenvalue weighted by molar-refractivity contribution is 5.94. The molecule has 0 bridgehead atoms. The van der Waals surface area contributed by atoms with E-state index in [-0.39, 0.29) is 5.92 Å². The predicted molar refractivity (Wildman–Crippen MR) is 66.5 cm³/mol. The van der Waals surface area contributed by atoms with Gasteiger partial charge in [0.1, 0.15) is 0 Å². The summed E-state index contributed by atoms with van der Waals surface area (Å²) >= 11 is 0. The number of hydrogen-bond donors (Lipinski definition) is 2. The fraction of sp³-hybridized carbons (Fsp3) is 0.357. The number of aryl methyl sites for hydroxylation is 3. The molecule has 0 saturated carbocycles. The number of rotatable bonds is 1. The van der Waals surface area contributed by atoms with Gasteiger partial charge in [-0.1, -0.05) is 6.07 Å². The Balaban J connectivity index is 2.34. The molecule has 1 aliphatic carbocycles. The smallest absolute Gasteiger partial charge is 0.311 e. The van der Waals surface area contributed by atoms with Crippen molar-refractivity contribution in [1.29, 1.82) is 0 Å². The lowest BCUT2D eigenvalue weighted by atomic mass is 9.97. The second-order valence-corrected chi connectivity index (χ2v) is 4.95. The van der Waals surface area contributed by atoms with Crippen LogP contribution in [0.2, 0.25) is 0 Å². The molecule has 1 aromatic heterocycles. The van der Waals surface area contributed by atoms with Crippen molar-refractivity contribution in [2.24, 2.45) is 0 Å². The Morgan fingerprint density at radius 1 is 1.41 bits per heavy atom. The van der Waals surface area contributed by atoms with Crippen LogP contribution >= 0.6 is 0 Å². The molecule has 2 aromatic rings. The summed E-state index contributed by atoms with van der Waals surface area (Å²) in [7, 11) is 0. The van der Waals surface area contributed by atoms with Crippen molar-refractivity contribution < 1.29 is 9.90 Å². The van der Waals surface area contributed by atoms with Crippen molar-refractivity contribution in [1.82, 2.24) is 4.98 Å². The minimum Gasteiger partial charge on any atom is -0.481 e. The number of carbonyl (C=O) groups is 1. The minimum atomic E-state index is -0.704. The summed E-state index contributed by atoms with van der Waals surface area (Å²) in [6.07, 6.45) is 1.57. The zero-order valence-electron chi connectivity index (χ0n) is 10.0. The number of aromatic amines is 1. The molecule has 88 valence electrons. The Morgan fingerprint density at radius 2 is 2.18 bits per heavy atom. The summed E-state index contributed by atoms with van der Waals surface area (Å²) in [5.41, 5.74) is 5.59. The lowest BCUT2D eigenvalue weighted by molar-refractivity contribution is -0.138. The maximum absolute atomic E-state index is 11.3. The first-order valence-corrected chi connectivity index (χ1v) is 5.92. The number of hydrogen-bond acceptors (Lipinski definition) is 1. The van der Waals surface area contributed by atoms with Crippen molar-refractivity contribution in [2.75, 3.05) is 0 Å².